The van der Waals surface area contributed by atoms with Gasteiger partial charge in [0.2, 0.25) is 0 Å². The number of aryl methyl sites for hydroxylation is 1. The second kappa shape index (κ2) is 5.58. The molecule has 0 saturated carbocycles. The number of nitrogens with zero attached hydrogens (tertiary/aromatic N) is 2. The van der Waals surface area contributed by atoms with Crippen molar-refractivity contribution in [1.82, 2.24) is 9.78 Å². The molecule has 1 aromatic carbocycles. The molecule has 0 aliphatic heterocycles. The summed E-state index contributed by atoms with van der Waals surface area (Å²) >= 11 is 3.39. The molecule has 0 fully saturated rings. The summed E-state index contributed by atoms with van der Waals surface area (Å²) in [4.78, 5) is 10.4. The van der Waals surface area contributed by atoms with E-state index >= 15 is 0 Å². The number of carboxylic acids is 1. The normalized spacial score (nSPS) is 11.2. The van der Waals surface area contributed by atoms with Crippen LogP contribution in [0.15, 0.2) is 28.7 Å². The van der Waals surface area contributed by atoms with Crippen molar-refractivity contribution in [2.75, 3.05) is 0 Å². The first-order valence-corrected chi connectivity index (χ1v) is 6.62. The summed E-state index contributed by atoms with van der Waals surface area (Å²) in [5, 5.41) is 12.8. The van der Waals surface area contributed by atoms with Gasteiger partial charge in [-0.15, -0.1) is 0 Å². The SMILES string of the molecule is Cc1nn(-c2ccc(C=CC(=O)O)cc2F)c(C)c1Br. The van der Waals surface area contributed by atoms with E-state index in [9.17, 15) is 9.18 Å². The lowest BCUT2D eigenvalue weighted by Gasteiger charge is -2.06. The van der Waals surface area contributed by atoms with E-state index in [-0.39, 0.29) is 0 Å². The molecule has 0 atom stereocenters. The number of hydrogen-bond donors (Lipinski definition) is 1. The molecule has 1 N–H and O–H groups in total. The van der Waals surface area contributed by atoms with Crippen LogP contribution in [-0.2, 0) is 4.79 Å². The number of benzene rings is 1. The first-order valence-electron chi connectivity index (χ1n) is 5.83. The summed E-state index contributed by atoms with van der Waals surface area (Å²) < 4.78 is 16.5. The number of hydrogen-bond acceptors (Lipinski definition) is 2. The van der Waals surface area contributed by atoms with Crippen molar-refractivity contribution in [3.8, 4) is 5.69 Å². The van der Waals surface area contributed by atoms with E-state index < -0.39 is 11.8 Å². The minimum absolute atomic E-state index is 0.323. The minimum atomic E-state index is -1.07. The fourth-order valence-electron chi connectivity index (χ4n) is 1.82. The van der Waals surface area contributed by atoms with Gasteiger partial charge < -0.3 is 5.11 Å². The predicted molar refractivity (Wildman–Crippen MR) is 77.4 cm³/mol. The number of carboxylic acid groups (broad SMARTS) is 1. The van der Waals surface area contributed by atoms with Gasteiger partial charge in [-0.25, -0.2) is 13.9 Å². The molecule has 4 nitrogen and oxygen atoms in total. The summed E-state index contributed by atoms with van der Waals surface area (Å²) in [6.07, 6.45) is 2.31. The first-order chi connectivity index (χ1) is 9.40. The largest absolute Gasteiger partial charge is 0.478 e. The smallest absolute Gasteiger partial charge is 0.328 e. The molecule has 0 aliphatic carbocycles. The van der Waals surface area contributed by atoms with E-state index in [0.29, 0.717) is 11.3 Å². The van der Waals surface area contributed by atoms with Gasteiger partial charge in [0.25, 0.3) is 0 Å². The van der Waals surface area contributed by atoms with Crippen LogP contribution in [0, 0.1) is 19.7 Å². The zero-order chi connectivity index (χ0) is 14.9. The van der Waals surface area contributed by atoms with Crippen LogP contribution in [0.25, 0.3) is 11.8 Å². The van der Waals surface area contributed by atoms with E-state index in [1.165, 1.54) is 16.8 Å². The number of carbonyl (C=O) groups is 1. The van der Waals surface area contributed by atoms with Gasteiger partial charge in [-0.1, -0.05) is 6.07 Å². The lowest BCUT2D eigenvalue weighted by Crippen LogP contribution is -2.02. The summed E-state index contributed by atoms with van der Waals surface area (Å²) in [5.74, 6) is -1.53. The molecular formula is C14H12BrFN2O2. The Balaban J connectivity index is 2.44. The van der Waals surface area contributed by atoms with Crippen molar-refractivity contribution in [2.24, 2.45) is 0 Å². The van der Waals surface area contributed by atoms with Gasteiger partial charge in [0.05, 0.1) is 15.9 Å². The number of rotatable bonds is 3. The highest BCUT2D eigenvalue weighted by Crippen LogP contribution is 2.24. The minimum Gasteiger partial charge on any atom is -0.478 e. The maximum absolute atomic E-state index is 14.1. The summed E-state index contributed by atoms with van der Waals surface area (Å²) in [6.45, 7) is 3.66. The van der Waals surface area contributed by atoms with Crippen LogP contribution in [0.3, 0.4) is 0 Å². The second-order valence-electron chi connectivity index (χ2n) is 4.28. The van der Waals surface area contributed by atoms with Crippen molar-refractivity contribution in [2.45, 2.75) is 13.8 Å². The zero-order valence-electron chi connectivity index (χ0n) is 10.9. The Morgan fingerprint density at radius 3 is 2.65 bits per heavy atom. The van der Waals surface area contributed by atoms with Crippen LogP contribution in [0.5, 0.6) is 0 Å². The summed E-state index contributed by atoms with van der Waals surface area (Å²) in [5.41, 5.74) is 2.38. The highest BCUT2D eigenvalue weighted by Gasteiger charge is 2.13. The Bertz CT molecular complexity index is 707. The molecule has 0 saturated heterocycles. The Morgan fingerprint density at radius 1 is 1.45 bits per heavy atom. The van der Waals surface area contributed by atoms with E-state index in [2.05, 4.69) is 21.0 Å². The average molecular weight is 339 g/mol. The van der Waals surface area contributed by atoms with Crippen molar-refractivity contribution < 1.29 is 14.3 Å². The average Bonchev–Trinajstić information content (AvgIpc) is 2.64. The van der Waals surface area contributed by atoms with Gasteiger partial charge >= 0.3 is 5.97 Å². The quantitative estimate of drug-likeness (QED) is 0.871. The molecule has 2 aromatic rings. The van der Waals surface area contributed by atoms with Crippen LogP contribution in [0.1, 0.15) is 17.0 Å². The second-order valence-corrected chi connectivity index (χ2v) is 5.07. The standard InChI is InChI=1S/C14H12BrFN2O2/c1-8-14(15)9(2)18(17-8)12-5-3-10(7-11(12)16)4-6-13(19)20/h3-7H,1-2H3,(H,19,20). The molecule has 20 heavy (non-hydrogen) atoms. The van der Waals surface area contributed by atoms with Gasteiger partial charge in [0, 0.05) is 6.08 Å². The number of aromatic nitrogens is 2. The molecule has 104 valence electrons. The molecular weight excluding hydrogens is 327 g/mol. The fraction of sp³-hybridized carbons (Fsp3) is 0.143. The first kappa shape index (κ1) is 14.5. The van der Waals surface area contributed by atoms with Crippen molar-refractivity contribution in [3.63, 3.8) is 0 Å². The predicted octanol–water partition coefficient (Wildman–Crippen LogP) is 3.49. The van der Waals surface area contributed by atoms with Crippen LogP contribution in [-0.4, -0.2) is 20.9 Å². The van der Waals surface area contributed by atoms with Crippen molar-refractivity contribution in [3.05, 3.63) is 51.5 Å². The summed E-state index contributed by atoms with van der Waals surface area (Å²) in [6, 6.07) is 4.49. The molecule has 0 unspecified atom stereocenters. The molecule has 1 heterocycles. The van der Waals surface area contributed by atoms with Crippen LogP contribution in [0.2, 0.25) is 0 Å². The maximum atomic E-state index is 14.1. The summed E-state index contributed by atoms with van der Waals surface area (Å²) in [7, 11) is 0. The highest BCUT2D eigenvalue weighted by atomic mass is 79.9. The van der Waals surface area contributed by atoms with Crippen LogP contribution >= 0.6 is 15.9 Å². The monoisotopic (exact) mass is 338 g/mol. The highest BCUT2D eigenvalue weighted by molar-refractivity contribution is 9.10. The number of halogens is 2. The van der Waals surface area contributed by atoms with Crippen molar-refractivity contribution in [1.29, 1.82) is 0 Å². The van der Waals surface area contributed by atoms with Crippen LogP contribution < -0.4 is 0 Å². The van der Waals surface area contributed by atoms with Gasteiger partial charge in [0.1, 0.15) is 11.5 Å². The third-order valence-electron chi connectivity index (χ3n) is 2.82. The van der Waals surface area contributed by atoms with Crippen LogP contribution in [0.4, 0.5) is 4.39 Å². The van der Waals surface area contributed by atoms with Gasteiger partial charge in [-0.05, 0) is 53.5 Å². The molecule has 2 rings (SSSR count). The van der Waals surface area contributed by atoms with Gasteiger partial charge in [-0.2, -0.15) is 5.10 Å². The van der Waals surface area contributed by atoms with E-state index in [4.69, 9.17) is 5.11 Å². The fourth-order valence-corrected chi connectivity index (χ4v) is 2.07. The topological polar surface area (TPSA) is 55.1 Å². The Hall–Kier alpha value is -1.95. The Kier molecular flexibility index (Phi) is 4.04. The van der Waals surface area contributed by atoms with Gasteiger partial charge in [0.15, 0.2) is 0 Å². The maximum Gasteiger partial charge on any atom is 0.328 e. The molecule has 0 radical (unpaired) electrons. The molecule has 0 amide bonds. The number of aliphatic carboxylic acids is 1. The molecule has 0 spiro atoms. The molecule has 1 aromatic heterocycles. The molecule has 6 heteroatoms. The molecule has 0 bridgehead atoms. The van der Waals surface area contributed by atoms with E-state index in [0.717, 1.165) is 21.9 Å². The third kappa shape index (κ3) is 2.80. The Labute approximate surface area is 123 Å². The lowest BCUT2D eigenvalue weighted by molar-refractivity contribution is -0.131. The Morgan fingerprint density at radius 2 is 2.15 bits per heavy atom. The third-order valence-corrected chi connectivity index (χ3v) is 3.97. The van der Waals surface area contributed by atoms with Crippen molar-refractivity contribution >= 4 is 28.0 Å². The van der Waals surface area contributed by atoms with E-state index in [1.54, 1.807) is 12.1 Å². The van der Waals surface area contributed by atoms with E-state index in [1.807, 2.05) is 13.8 Å². The lowest BCUT2D eigenvalue weighted by atomic mass is 10.2. The molecule has 0 aliphatic rings. The van der Waals surface area contributed by atoms with Gasteiger partial charge in [-0.3, -0.25) is 0 Å². The zero-order valence-corrected chi connectivity index (χ0v) is 12.5.